The monoisotopic (exact) mass is 638 g/mol. The van der Waals surface area contributed by atoms with Crippen LogP contribution in [0.5, 0.6) is 17.2 Å². The molecule has 0 saturated carbocycles. The number of halogens is 2. The van der Waals surface area contributed by atoms with Gasteiger partial charge < -0.3 is 19.0 Å². The minimum atomic E-state index is -4.16. The predicted molar refractivity (Wildman–Crippen MR) is 145 cm³/mol. The van der Waals surface area contributed by atoms with Gasteiger partial charge in [0.25, 0.3) is 5.91 Å². The zero-order chi connectivity index (χ0) is 26.3. The van der Waals surface area contributed by atoms with Crippen LogP contribution in [0.2, 0.25) is 5.02 Å². The van der Waals surface area contributed by atoms with Crippen molar-refractivity contribution in [1.82, 2.24) is 0 Å². The van der Waals surface area contributed by atoms with E-state index in [9.17, 15) is 18.5 Å². The Kier molecular flexibility index (Phi) is 9.19. The highest BCUT2D eigenvalue weighted by Gasteiger charge is 2.22. The van der Waals surface area contributed by atoms with Gasteiger partial charge in [-0.1, -0.05) is 11.6 Å². The number of amides is 1. The predicted octanol–water partition coefficient (Wildman–Crippen LogP) is 5.67. The first kappa shape index (κ1) is 27.3. The maximum absolute atomic E-state index is 12.7. The minimum absolute atomic E-state index is 0.0254. The largest absolute Gasteiger partial charge is 0.494 e. The molecular formula is C25H20ClIN2O6S. The molecule has 0 radical (unpaired) electrons. The SMILES string of the molecule is CCOc1ccc(NC(=O)/C(C#N)=C/c2cc(I)c(OS(=O)(=O)c3ccc(Cl)cc3)c(OC)c2)cc1. The van der Waals surface area contributed by atoms with Gasteiger partial charge in [-0.3, -0.25) is 4.79 Å². The summed E-state index contributed by atoms with van der Waals surface area (Å²) in [5, 5.41) is 12.6. The van der Waals surface area contributed by atoms with Crippen molar-refractivity contribution in [1.29, 1.82) is 5.26 Å². The van der Waals surface area contributed by atoms with Gasteiger partial charge in [-0.15, -0.1) is 0 Å². The van der Waals surface area contributed by atoms with E-state index in [4.69, 9.17) is 25.3 Å². The van der Waals surface area contributed by atoms with Crippen molar-refractivity contribution in [2.45, 2.75) is 11.8 Å². The number of rotatable bonds is 9. The average molecular weight is 639 g/mol. The molecule has 0 heterocycles. The first-order chi connectivity index (χ1) is 17.2. The van der Waals surface area contributed by atoms with E-state index >= 15 is 0 Å². The average Bonchev–Trinajstić information content (AvgIpc) is 2.85. The van der Waals surface area contributed by atoms with E-state index in [-0.39, 0.29) is 22.0 Å². The lowest BCUT2D eigenvalue weighted by molar-refractivity contribution is -0.112. The molecule has 0 spiro atoms. The van der Waals surface area contributed by atoms with Gasteiger partial charge in [0.2, 0.25) is 0 Å². The summed E-state index contributed by atoms with van der Waals surface area (Å²) in [6.45, 7) is 2.39. The zero-order valence-corrected chi connectivity index (χ0v) is 22.8. The molecule has 0 unspecified atom stereocenters. The number of hydrogen-bond donors (Lipinski definition) is 1. The lowest BCUT2D eigenvalue weighted by Crippen LogP contribution is -2.13. The van der Waals surface area contributed by atoms with Gasteiger partial charge in [-0.25, -0.2) is 0 Å². The van der Waals surface area contributed by atoms with E-state index in [1.165, 1.54) is 43.5 Å². The van der Waals surface area contributed by atoms with Gasteiger partial charge in [-0.2, -0.15) is 13.7 Å². The minimum Gasteiger partial charge on any atom is -0.494 e. The summed E-state index contributed by atoms with van der Waals surface area (Å²) in [5.41, 5.74) is 0.767. The van der Waals surface area contributed by atoms with Gasteiger partial charge in [-0.05, 0) is 102 Å². The first-order valence-electron chi connectivity index (χ1n) is 10.4. The highest BCUT2D eigenvalue weighted by Crippen LogP contribution is 2.36. The molecule has 8 nitrogen and oxygen atoms in total. The number of ether oxygens (including phenoxy) is 2. The van der Waals surface area contributed by atoms with Crippen LogP contribution in [0.1, 0.15) is 12.5 Å². The van der Waals surface area contributed by atoms with Gasteiger partial charge in [0, 0.05) is 10.7 Å². The third kappa shape index (κ3) is 6.90. The number of methoxy groups -OCH3 is 1. The quantitative estimate of drug-likeness (QED) is 0.139. The fourth-order valence-corrected chi connectivity index (χ4v) is 4.95. The molecular weight excluding hydrogens is 619 g/mol. The summed E-state index contributed by atoms with van der Waals surface area (Å²) in [6.07, 6.45) is 1.37. The van der Waals surface area contributed by atoms with Crippen molar-refractivity contribution < 1.29 is 26.9 Å². The molecule has 11 heteroatoms. The fourth-order valence-electron chi connectivity index (χ4n) is 2.98. The van der Waals surface area contributed by atoms with Crippen LogP contribution in [0.3, 0.4) is 0 Å². The summed E-state index contributed by atoms with van der Waals surface area (Å²) in [5.74, 6) is 0.132. The molecule has 0 aromatic heterocycles. The van der Waals surface area contributed by atoms with Crippen molar-refractivity contribution in [2.75, 3.05) is 19.0 Å². The summed E-state index contributed by atoms with van der Waals surface area (Å²) < 4.78 is 41.9. The van der Waals surface area contributed by atoms with Gasteiger partial charge in [0.1, 0.15) is 22.3 Å². The lowest BCUT2D eigenvalue weighted by atomic mass is 10.1. The Morgan fingerprint density at radius 1 is 1.14 bits per heavy atom. The van der Waals surface area contributed by atoms with E-state index in [1.807, 2.05) is 35.6 Å². The number of hydrogen-bond acceptors (Lipinski definition) is 7. The summed E-state index contributed by atoms with van der Waals surface area (Å²) in [7, 11) is -2.81. The van der Waals surface area contributed by atoms with E-state index < -0.39 is 16.0 Å². The highest BCUT2D eigenvalue weighted by atomic mass is 127. The van der Waals surface area contributed by atoms with E-state index in [2.05, 4.69) is 5.32 Å². The van der Waals surface area contributed by atoms with Crippen molar-refractivity contribution in [2.24, 2.45) is 0 Å². The van der Waals surface area contributed by atoms with Crippen molar-refractivity contribution in [3.05, 3.63) is 80.4 Å². The van der Waals surface area contributed by atoms with E-state index in [1.54, 1.807) is 30.3 Å². The highest BCUT2D eigenvalue weighted by molar-refractivity contribution is 14.1. The van der Waals surface area contributed by atoms with Crippen LogP contribution in [0.15, 0.2) is 71.1 Å². The Morgan fingerprint density at radius 3 is 2.39 bits per heavy atom. The maximum atomic E-state index is 12.7. The van der Waals surface area contributed by atoms with E-state index in [0.29, 0.717) is 32.2 Å². The van der Waals surface area contributed by atoms with Crippen LogP contribution in [0.4, 0.5) is 5.69 Å². The summed E-state index contributed by atoms with van der Waals surface area (Å²) >= 11 is 7.72. The van der Waals surface area contributed by atoms with Crippen molar-refractivity contribution >= 4 is 62.0 Å². The smallest absolute Gasteiger partial charge is 0.339 e. The number of nitriles is 1. The van der Waals surface area contributed by atoms with E-state index in [0.717, 1.165) is 0 Å². The summed E-state index contributed by atoms with van der Waals surface area (Å²) in [4.78, 5) is 12.6. The molecule has 0 fully saturated rings. The number of nitrogens with one attached hydrogen (secondary N) is 1. The standard InChI is InChI=1S/C25H20ClIN2O6S/c1-3-34-20-8-6-19(7-9-20)29-25(30)17(15-28)12-16-13-22(27)24(23(14-16)33-2)35-36(31,32)21-10-4-18(26)5-11-21/h4-14H,3H2,1-2H3,(H,29,30)/b17-12+. The second kappa shape index (κ2) is 12.1. The Morgan fingerprint density at radius 2 is 1.81 bits per heavy atom. The number of carbonyl (C=O) groups excluding carboxylic acids is 1. The molecule has 1 amide bonds. The van der Waals surface area contributed by atoms with Crippen LogP contribution in [-0.4, -0.2) is 28.0 Å². The molecule has 1 N–H and O–H groups in total. The molecule has 0 aliphatic rings. The van der Waals surface area contributed by atoms with Crippen LogP contribution < -0.4 is 19.0 Å². The Bertz CT molecular complexity index is 1430. The molecule has 36 heavy (non-hydrogen) atoms. The number of anilines is 1. The molecule has 3 aromatic rings. The molecule has 0 aliphatic carbocycles. The maximum Gasteiger partial charge on any atom is 0.339 e. The van der Waals surface area contributed by atoms with Crippen molar-refractivity contribution in [3.8, 4) is 23.3 Å². The second-order valence-corrected chi connectivity index (χ2v) is 10.3. The topological polar surface area (TPSA) is 115 Å². The van der Waals surface area contributed by atoms with Crippen LogP contribution in [0, 0.1) is 14.9 Å². The fraction of sp³-hybridized carbons (Fsp3) is 0.120. The molecule has 0 aliphatic heterocycles. The Hall–Kier alpha value is -3.27. The molecule has 0 atom stereocenters. The number of carbonyl (C=O) groups is 1. The molecule has 3 aromatic carbocycles. The zero-order valence-electron chi connectivity index (χ0n) is 19.1. The van der Waals surface area contributed by atoms with Crippen LogP contribution in [-0.2, 0) is 14.9 Å². The van der Waals surface area contributed by atoms with Crippen LogP contribution in [0.25, 0.3) is 6.08 Å². The third-order valence-electron chi connectivity index (χ3n) is 4.65. The second-order valence-electron chi connectivity index (χ2n) is 7.11. The molecule has 0 bridgehead atoms. The van der Waals surface area contributed by atoms with Gasteiger partial charge >= 0.3 is 10.1 Å². The van der Waals surface area contributed by atoms with Crippen molar-refractivity contribution in [3.63, 3.8) is 0 Å². The normalized spacial score (nSPS) is 11.4. The van der Waals surface area contributed by atoms with Crippen LogP contribution >= 0.6 is 34.2 Å². The summed E-state index contributed by atoms with van der Waals surface area (Å²) in [6, 6.07) is 17.2. The van der Waals surface area contributed by atoms with Gasteiger partial charge in [0.15, 0.2) is 11.5 Å². The molecule has 3 rings (SSSR count). The number of benzene rings is 3. The third-order valence-corrected chi connectivity index (χ3v) is 6.94. The lowest BCUT2D eigenvalue weighted by Gasteiger charge is -2.14. The molecule has 186 valence electrons. The number of nitrogens with zero attached hydrogens (tertiary/aromatic N) is 1. The Labute approximate surface area is 227 Å². The molecule has 0 saturated heterocycles. The van der Waals surface area contributed by atoms with Gasteiger partial charge in [0.05, 0.1) is 17.3 Å². The first-order valence-corrected chi connectivity index (χ1v) is 13.3. The Balaban J connectivity index is 1.86.